The van der Waals surface area contributed by atoms with Crippen LogP contribution in [-0.4, -0.2) is 31.8 Å². The first-order chi connectivity index (χ1) is 13.4. The smallest absolute Gasteiger partial charge is 0.237 e. The van der Waals surface area contributed by atoms with Crippen molar-refractivity contribution in [3.8, 4) is 11.6 Å². The Bertz CT molecular complexity index is 974. The van der Waals surface area contributed by atoms with Crippen molar-refractivity contribution in [2.45, 2.75) is 30.3 Å². The number of nitrogens with one attached hydrogen (secondary N) is 1. The van der Waals surface area contributed by atoms with Gasteiger partial charge in [0.1, 0.15) is 5.82 Å². The Labute approximate surface area is 164 Å². The minimum absolute atomic E-state index is 0.0865. The predicted molar refractivity (Wildman–Crippen MR) is 102 cm³/mol. The van der Waals surface area contributed by atoms with E-state index in [1.54, 1.807) is 29.7 Å². The molecule has 0 aliphatic rings. The largest absolute Gasteiger partial charge is 0.461 e. The van der Waals surface area contributed by atoms with Crippen LogP contribution in [0.3, 0.4) is 0 Å². The van der Waals surface area contributed by atoms with Gasteiger partial charge in [0.05, 0.1) is 11.5 Å². The lowest BCUT2D eigenvalue weighted by atomic mass is 10.3. The van der Waals surface area contributed by atoms with E-state index in [1.165, 1.54) is 24.5 Å². The third-order valence-electron chi connectivity index (χ3n) is 3.78. The summed E-state index contributed by atoms with van der Waals surface area (Å²) in [5.74, 6) is -0.300. The van der Waals surface area contributed by atoms with Crippen molar-refractivity contribution < 1.29 is 18.4 Å². The summed E-state index contributed by atoms with van der Waals surface area (Å²) in [4.78, 5) is 23.6. The van der Waals surface area contributed by atoms with Crippen molar-refractivity contribution in [3.05, 3.63) is 48.5 Å². The number of thioether (sulfide) groups is 1. The predicted octanol–water partition coefficient (Wildman–Crippen LogP) is 2.67. The van der Waals surface area contributed by atoms with E-state index >= 15 is 0 Å². The van der Waals surface area contributed by atoms with Crippen molar-refractivity contribution in [3.63, 3.8) is 0 Å². The van der Waals surface area contributed by atoms with Crippen molar-refractivity contribution in [2.75, 3.05) is 5.32 Å². The van der Waals surface area contributed by atoms with E-state index in [0.717, 1.165) is 11.8 Å². The second-order valence-electron chi connectivity index (χ2n) is 5.91. The van der Waals surface area contributed by atoms with Gasteiger partial charge in [-0.25, -0.2) is 4.39 Å². The molecule has 10 heteroatoms. The van der Waals surface area contributed by atoms with Gasteiger partial charge in [0, 0.05) is 18.7 Å². The summed E-state index contributed by atoms with van der Waals surface area (Å²) in [6.45, 7) is 1.94. The van der Waals surface area contributed by atoms with Gasteiger partial charge >= 0.3 is 0 Å². The number of benzene rings is 1. The summed E-state index contributed by atoms with van der Waals surface area (Å²) in [7, 11) is 0. The number of primary amides is 1. The van der Waals surface area contributed by atoms with Crippen LogP contribution in [0.1, 0.15) is 13.3 Å². The zero-order valence-corrected chi connectivity index (χ0v) is 15.8. The van der Waals surface area contributed by atoms with Gasteiger partial charge in [-0.2, -0.15) is 0 Å². The van der Waals surface area contributed by atoms with Gasteiger partial charge in [-0.1, -0.05) is 17.8 Å². The fourth-order valence-electron chi connectivity index (χ4n) is 2.41. The quantitative estimate of drug-likeness (QED) is 0.559. The van der Waals surface area contributed by atoms with E-state index in [0.29, 0.717) is 22.4 Å². The van der Waals surface area contributed by atoms with Gasteiger partial charge in [0.15, 0.2) is 16.7 Å². The van der Waals surface area contributed by atoms with Gasteiger partial charge in [0.2, 0.25) is 11.8 Å². The van der Waals surface area contributed by atoms with Crippen LogP contribution in [-0.2, 0) is 16.1 Å². The molecule has 0 aliphatic heterocycles. The molecular formula is C18H18FN5O3S. The number of furan rings is 1. The Morgan fingerprint density at radius 2 is 2.14 bits per heavy atom. The number of nitrogens with two attached hydrogens (primary N) is 1. The lowest BCUT2D eigenvalue weighted by Gasteiger charge is -2.13. The van der Waals surface area contributed by atoms with Crippen LogP contribution in [0.15, 0.2) is 52.2 Å². The maximum Gasteiger partial charge on any atom is 0.237 e. The van der Waals surface area contributed by atoms with E-state index in [2.05, 4.69) is 15.5 Å². The number of carbonyl (C=O) groups is 2. The maximum absolute atomic E-state index is 13.3. The number of amides is 2. The second kappa shape index (κ2) is 8.70. The van der Waals surface area contributed by atoms with Crippen LogP contribution >= 0.6 is 11.8 Å². The number of hydrogen-bond donors (Lipinski definition) is 2. The van der Waals surface area contributed by atoms with Crippen molar-refractivity contribution in [2.24, 2.45) is 5.73 Å². The molecule has 146 valence electrons. The summed E-state index contributed by atoms with van der Waals surface area (Å²) in [6.07, 6.45) is 1.59. The minimum Gasteiger partial charge on any atom is -0.461 e. The van der Waals surface area contributed by atoms with Crippen LogP contribution in [0.5, 0.6) is 0 Å². The molecule has 1 aromatic carbocycles. The monoisotopic (exact) mass is 403 g/mol. The normalized spacial score (nSPS) is 11.9. The zero-order valence-electron chi connectivity index (χ0n) is 15.0. The third kappa shape index (κ3) is 4.77. The number of aromatic nitrogens is 3. The van der Waals surface area contributed by atoms with Gasteiger partial charge in [-0.3, -0.25) is 14.2 Å². The Hall–Kier alpha value is -3.14. The molecule has 3 rings (SSSR count). The van der Waals surface area contributed by atoms with Gasteiger partial charge < -0.3 is 15.5 Å². The van der Waals surface area contributed by atoms with Gasteiger partial charge in [-0.15, -0.1) is 10.2 Å². The van der Waals surface area contributed by atoms with Gasteiger partial charge in [0.25, 0.3) is 0 Å². The van der Waals surface area contributed by atoms with Crippen LogP contribution in [0.2, 0.25) is 0 Å². The Balaban J connectivity index is 1.76. The molecule has 3 aromatic rings. The molecule has 0 radical (unpaired) electrons. The average molecular weight is 403 g/mol. The number of anilines is 1. The van der Waals surface area contributed by atoms with E-state index in [4.69, 9.17) is 10.2 Å². The Morgan fingerprint density at radius 3 is 2.82 bits per heavy atom. The topological polar surface area (TPSA) is 116 Å². The molecule has 8 nitrogen and oxygen atoms in total. The minimum atomic E-state index is -0.552. The first kappa shape index (κ1) is 19.6. The molecule has 0 fully saturated rings. The molecule has 2 heterocycles. The van der Waals surface area contributed by atoms with Gasteiger partial charge in [-0.05, 0) is 37.3 Å². The molecule has 0 saturated heterocycles. The number of halogens is 1. The van der Waals surface area contributed by atoms with E-state index < -0.39 is 17.0 Å². The lowest BCUT2D eigenvalue weighted by Crippen LogP contribution is -2.23. The highest BCUT2D eigenvalue weighted by molar-refractivity contribution is 8.00. The molecule has 0 aliphatic carbocycles. The number of rotatable bonds is 8. The number of carbonyl (C=O) groups excluding carboxylic acids is 2. The molecule has 0 bridgehead atoms. The molecule has 1 atom stereocenters. The summed E-state index contributed by atoms with van der Waals surface area (Å²) in [5, 5.41) is 10.8. The molecule has 2 amide bonds. The number of hydrogen-bond acceptors (Lipinski definition) is 6. The van der Waals surface area contributed by atoms with E-state index in [1.807, 2.05) is 0 Å². The fourth-order valence-corrected chi connectivity index (χ4v) is 3.28. The Kier molecular flexibility index (Phi) is 6.09. The SMILES string of the molecule is C[C@@H](Sc1nnc(-c2ccco2)n1CCC(N)=O)C(=O)Nc1cccc(F)c1. The summed E-state index contributed by atoms with van der Waals surface area (Å²) in [5.41, 5.74) is 5.62. The Morgan fingerprint density at radius 1 is 1.32 bits per heavy atom. The first-order valence-electron chi connectivity index (χ1n) is 8.42. The highest BCUT2D eigenvalue weighted by Crippen LogP contribution is 2.28. The molecule has 0 saturated carbocycles. The fraction of sp³-hybridized carbons (Fsp3) is 0.222. The molecule has 2 aromatic heterocycles. The van der Waals surface area contributed by atoms with Crippen molar-refractivity contribution in [1.29, 1.82) is 0 Å². The average Bonchev–Trinajstić information content (AvgIpc) is 3.29. The first-order valence-corrected chi connectivity index (χ1v) is 9.30. The highest BCUT2D eigenvalue weighted by atomic mass is 32.2. The van der Waals surface area contributed by atoms with Crippen LogP contribution < -0.4 is 11.1 Å². The van der Waals surface area contributed by atoms with Crippen LogP contribution in [0.25, 0.3) is 11.6 Å². The third-order valence-corrected chi connectivity index (χ3v) is 4.86. The van der Waals surface area contributed by atoms with E-state index in [9.17, 15) is 14.0 Å². The molecule has 0 spiro atoms. The highest BCUT2D eigenvalue weighted by Gasteiger charge is 2.22. The van der Waals surface area contributed by atoms with Crippen molar-refractivity contribution in [1.82, 2.24) is 14.8 Å². The molecule has 3 N–H and O–H groups in total. The maximum atomic E-state index is 13.3. The van der Waals surface area contributed by atoms with Crippen LogP contribution in [0, 0.1) is 5.82 Å². The molecule has 28 heavy (non-hydrogen) atoms. The molecular weight excluding hydrogens is 385 g/mol. The zero-order chi connectivity index (χ0) is 20.1. The van der Waals surface area contributed by atoms with Crippen LogP contribution in [0.4, 0.5) is 10.1 Å². The second-order valence-corrected chi connectivity index (χ2v) is 7.22. The van der Waals surface area contributed by atoms with E-state index in [-0.39, 0.29) is 18.9 Å². The summed E-state index contributed by atoms with van der Waals surface area (Å²) >= 11 is 1.16. The lowest BCUT2D eigenvalue weighted by molar-refractivity contribution is -0.118. The molecule has 0 unspecified atom stereocenters. The van der Waals surface area contributed by atoms with Crippen molar-refractivity contribution >= 4 is 29.3 Å². The standard InChI is InChI=1S/C18H18FN5O3S/c1-11(17(26)21-13-5-2-4-12(19)10-13)28-18-23-22-16(14-6-3-9-27-14)24(18)8-7-15(20)25/h2-6,9-11H,7-8H2,1H3,(H2,20,25)(H,21,26)/t11-/m1/s1. The summed E-state index contributed by atoms with van der Waals surface area (Å²) in [6, 6.07) is 9.08. The number of nitrogens with zero attached hydrogens (tertiary/aromatic N) is 3. The summed E-state index contributed by atoms with van der Waals surface area (Å²) < 4.78 is 20.3.